The van der Waals surface area contributed by atoms with E-state index in [1.807, 2.05) is 42.6 Å². The summed E-state index contributed by atoms with van der Waals surface area (Å²) in [6.07, 6.45) is 6.85. The molecule has 1 aromatic carbocycles. The molecule has 0 amide bonds. The van der Waals surface area contributed by atoms with Gasteiger partial charge in [0.25, 0.3) is 5.89 Å². The summed E-state index contributed by atoms with van der Waals surface area (Å²) in [7, 11) is 0. The largest absolute Gasteiger partial charge is 0.422 e. The van der Waals surface area contributed by atoms with Crippen molar-refractivity contribution < 1.29 is 4.42 Å². The molecule has 5 aromatic rings. The zero-order valence-corrected chi connectivity index (χ0v) is 18.2. The van der Waals surface area contributed by atoms with Crippen molar-refractivity contribution in [3.63, 3.8) is 0 Å². The van der Waals surface area contributed by atoms with Gasteiger partial charge in [0, 0.05) is 28.2 Å². The molecule has 4 heterocycles. The standard InChI is InChI=1S/C22H16ClN5O.C2H6/c23-15-6-4-13(5-7-15)17-10-18(14-2-1-3-14)26-21-16(17)8-9-20-25-19(11-28(20)21)22-27-24-12-29-22;1-2/h4-12,14H,1-3H2;1-2H3. The summed E-state index contributed by atoms with van der Waals surface area (Å²) in [5, 5.41) is 9.53. The molecular formula is C24H22ClN5O. The molecule has 0 radical (unpaired) electrons. The van der Waals surface area contributed by atoms with E-state index in [-0.39, 0.29) is 0 Å². The number of fused-ring (bicyclic) bond motifs is 3. The Labute approximate surface area is 184 Å². The van der Waals surface area contributed by atoms with Crippen LogP contribution in [0.3, 0.4) is 0 Å². The van der Waals surface area contributed by atoms with Crippen LogP contribution in [0, 0.1) is 0 Å². The third-order valence-corrected chi connectivity index (χ3v) is 5.93. The van der Waals surface area contributed by atoms with E-state index in [1.165, 1.54) is 25.7 Å². The SMILES string of the molecule is CC.Clc1ccc(-c2cc(C3CCC3)nc3c2ccc2nc(-c4nnco4)cn23)cc1. The summed E-state index contributed by atoms with van der Waals surface area (Å²) in [4.78, 5) is 9.69. The number of rotatable bonds is 3. The number of halogens is 1. The Hall–Kier alpha value is -3.25. The lowest BCUT2D eigenvalue weighted by molar-refractivity contribution is 0.412. The molecule has 7 heteroatoms. The Kier molecular flexibility index (Phi) is 5.16. The van der Waals surface area contributed by atoms with Crippen molar-refractivity contribution in [2.45, 2.75) is 39.0 Å². The van der Waals surface area contributed by atoms with Crippen molar-refractivity contribution >= 4 is 28.3 Å². The molecule has 156 valence electrons. The molecular weight excluding hydrogens is 410 g/mol. The smallest absolute Gasteiger partial charge is 0.267 e. The van der Waals surface area contributed by atoms with Crippen LogP contribution in [0.4, 0.5) is 0 Å². The van der Waals surface area contributed by atoms with Gasteiger partial charge >= 0.3 is 0 Å². The second kappa shape index (κ2) is 8.12. The molecule has 31 heavy (non-hydrogen) atoms. The third kappa shape index (κ3) is 3.47. The molecule has 0 atom stereocenters. The molecule has 0 unspecified atom stereocenters. The molecule has 6 nitrogen and oxygen atoms in total. The van der Waals surface area contributed by atoms with Crippen LogP contribution < -0.4 is 0 Å². The first kappa shape index (κ1) is 19.7. The van der Waals surface area contributed by atoms with Gasteiger partial charge in [0.05, 0.1) is 0 Å². The Morgan fingerprint density at radius 3 is 2.52 bits per heavy atom. The molecule has 1 fully saturated rings. The number of benzene rings is 1. The van der Waals surface area contributed by atoms with Gasteiger partial charge in [0.2, 0.25) is 6.39 Å². The molecule has 1 aliphatic rings. The van der Waals surface area contributed by atoms with Crippen LogP contribution in [0.5, 0.6) is 0 Å². The highest BCUT2D eigenvalue weighted by atomic mass is 35.5. The normalized spacial score (nSPS) is 13.8. The molecule has 0 saturated heterocycles. The van der Waals surface area contributed by atoms with Crippen LogP contribution in [0.2, 0.25) is 5.02 Å². The van der Waals surface area contributed by atoms with E-state index in [9.17, 15) is 0 Å². The fraction of sp³-hybridized carbons (Fsp3) is 0.250. The summed E-state index contributed by atoms with van der Waals surface area (Å²) in [6, 6.07) is 14.3. The lowest BCUT2D eigenvalue weighted by Crippen LogP contribution is -2.11. The van der Waals surface area contributed by atoms with Crippen molar-refractivity contribution in [3.05, 3.63) is 65.8 Å². The zero-order chi connectivity index (χ0) is 21.4. The monoisotopic (exact) mass is 431 g/mol. The number of aromatic nitrogens is 5. The number of pyridine rings is 2. The van der Waals surface area contributed by atoms with E-state index in [0.717, 1.165) is 38.5 Å². The fourth-order valence-corrected chi connectivity index (χ4v) is 4.04. The Morgan fingerprint density at radius 2 is 1.84 bits per heavy atom. The molecule has 6 rings (SSSR count). The number of imidazole rings is 1. The van der Waals surface area contributed by atoms with Crippen LogP contribution in [0.1, 0.15) is 44.7 Å². The molecule has 1 aliphatic carbocycles. The van der Waals surface area contributed by atoms with E-state index in [2.05, 4.69) is 39.4 Å². The summed E-state index contributed by atoms with van der Waals surface area (Å²) in [6.45, 7) is 4.00. The predicted octanol–water partition coefficient (Wildman–Crippen LogP) is 6.55. The molecule has 0 aliphatic heterocycles. The summed E-state index contributed by atoms with van der Waals surface area (Å²) in [5.41, 5.74) is 5.73. The minimum Gasteiger partial charge on any atom is -0.422 e. The van der Waals surface area contributed by atoms with Crippen LogP contribution in [-0.2, 0) is 0 Å². The van der Waals surface area contributed by atoms with Crippen molar-refractivity contribution in [1.82, 2.24) is 24.6 Å². The van der Waals surface area contributed by atoms with E-state index in [1.54, 1.807) is 0 Å². The van der Waals surface area contributed by atoms with Crippen LogP contribution in [-0.4, -0.2) is 24.6 Å². The zero-order valence-electron chi connectivity index (χ0n) is 17.4. The number of nitrogens with zero attached hydrogens (tertiary/aromatic N) is 5. The third-order valence-electron chi connectivity index (χ3n) is 5.68. The van der Waals surface area contributed by atoms with E-state index in [0.29, 0.717) is 17.5 Å². The van der Waals surface area contributed by atoms with Gasteiger partial charge in [0.15, 0.2) is 0 Å². The Morgan fingerprint density at radius 1 is 1.03 bits per heavy atom. The molecule has 0 bridgehead atoms. The molecule has 0 N–H and O–H groups in total. The quantitative estimate of drug-likeness (QED) is 0.324. The molecule has 1 saturated carbocycles. The minimum atomic E-state index is 0.398. The van der Waals surface area contributed by atoms with Crippen LogP contribution >= 0.6 is 11.6 Å². The van der Waals surface area contributed by atoms with Crippen LogP contribution in [0.15, 0.2) is 59.5 Å². The van der Waals surface area contributed by atoms with E-state index >= 15 is 0 Å². The van der Waals surface area contributed by atoms with Crippen molar-refractivity contribution in [2.24, 2.45) is 0 Å². The van der Waals surface area contributed by atoms with E-state index in [4.69, 9.17) is 21.0 Å². The van der Waals surface area contributed by atoms with Gasteiger partial charge in [-0.3, -0.25) is 4.40 Å². The number of hydrogen-bond donors (Lipinski definition) is 0. The van der Waals surface area contributed by atoms with Crippen molar-refractivity contribution in [2.75, 3.05) is 0 Å². The van der Waals surface area contributed by atoms with Gasteiger partial charge in [-0.05, 0) is 54.3 Å². The second-order valence-electron chi connectivity index (χ2n) is 7.40. The van der Waals surface area contributed by atoms with Crippen LogP contribution in [0.25, 0.3) is 39.4 Å². The minimum absolute atomic E-state index is 0.398. The maximum atomic E-state index is 6.12. The summed E-state index contributed by atoms with van der Waals surface area (Å²) in [5.74, 6) is 0.912. The molecule has 4 aromatic heterocycles. The highest BCUT2D eigenvalue weighted by Gasteiger charge is 2.23. The predicted molar refractivity (Wildman–Crippen MR) is 122 cm³/mol. The lowest BCUT2D eigenvalue weighted by Gasteiger charge is -2.25. The van der Waals surface area contributed by atoms with Gasteiger partial charge < -0.3 is 4.42 Å². The van der Waals surface area contributed by atoms with E-state index < -0.39 is 0 Å². The lowest BCUT2D eigenvalue weighted by atomic mass is 9.82. The fourth-order valence-electron chi connectivity index (χ4n) is 3.92. The van der Waals surface area contributed by atoms with Gasteiger partial charge in [-0.1, -0.05) is 44.0 Å². The van der Waals surface area contributed by atoms with Gasteiger partial charge in [-0.2, -0.15) is 0 Å². The summed E-state index contributed by atoms with van der Waals surface area (Å²) < 4.78 is 7.33. The maximum absolute atomic E-state index is 6.12. The first-order valence-corrected chi connectivity index (χ1v) is 11.0. The van der Waals surface area contributed by atoms with Gasteiger partial charge in [-0.15, -0.1) is 10.2 Å². The first-order chi connectivity index (χ1) is 15.3. The highest BCUT2D eigenvalue weighted by molar-refractivity contribution is 6.30. The second-order valence-corrected chi connectivity index (χ2v) is 7.83. The van der Waals surface area contributed by atoms with Gasteiger partial charge in [-0.25, -0.2) is 9.97 Å². The number of hydrogen-bond acceptors (Lipinski definition) is 5. The Bertz CT molecular complexity index is 1340. The average molecular weight is 432 g/mol. The highest BCUT2D eigenvalue weighted by Crippen LogP contribution is 2.39. The first-order valence-electron chi connectivity index (χ1n) is 10.6. The van der Waals surface area contributed by atoms with Crippen molar-refractivity contribution in [1.29, 1.82) is 0 Å². The molecule has 0 spiro atoms. The van der Waals surface area contributed by atoms with Gasteiger partial charge in [0.1, 0.15) is 17.0 Å². The topological polar surface area (TPSA) is 69.1 Å². The van der Waals surface area contributed by atoms with Crippen molar-refractivity contribution in [3.8, 4) is 22.7 Å². The average Bonchev–Trinajstić information content (AvgIpc) is 3.44. The summed E-state index contributed by atoms with van der Waals surface area (Å²) >= 11 is 6.12. The Balaban J connectivity index is 0.000000994. The maximum Gasteiger partial charge on any atom is 0.267 e.